The summed E-state index contributed by atoms with van der Waals surface area (Å²) >= 11 is 0. The van der Waals surface area contributed by atoms with E-state index in [0.29, 0.717) is 18.5 Å². The highest BCUT2D eigenvalue weighted by atomic mass is 16.5. The number of ether oxygens (including phenoxy) is 2. The Balaban J connectivity index is 0.000000817. The highest BCUT2D eigenvalue weighted by molar-refractivity contribution is 5.70. The highest BCUT2D eigenvalue weighted by Gasteiger charge is 2.25. The van der Waals surface area contributed by atoms with E-state index in [1.165, 1.54) is 0 Å². The minimum Gasteiger partial charge on any atom is -0.481 e. The zero-order chi connectivity index (χ0) is 19.8. The van der Waals surface area contributed by atoms with Gasteiger partial charge in [-0.1, -0.05) is 0 Å². The van der Waals surface area contributed by atoms with Gasteiger partial charge in [-0.3, -0.25) is 9.59 Å². The van der Waals surface area contributed by atoms with Crippen molar-refractivity contribution in [3.05, 3.63) is 40.3 Å². The molecular weight excluding hydrogens is 348 g/mol. The molecule has 146 valence electrons. The number of aromatic amines is 1. The van der Waals surface area contributed by atoms with Crippen LogP contribution in [-0.2, 0) is 9.53 Å². The molecule has 0 aromatic carbocycles. The van der Waals surface area contributed by atoms with E-state index in [1.54, 1.807) is 26.5 Å². The smallest absolute Gasteiger partial charge is 0.250 e. The third-order valence-electron chi connectivity index (χ3n) is 4.47. The number of rotatable bonds is 5. The Bertz CT molecular complexity index is 822. The Hall–Kier alpha value is -2.87. The molecule has 3 N–H and O–H groups in total. The minimum atomic E-state index is -0.110. The number of aryl methyl sites for hydroxylation is 1. The summed E-state index contributed by atoms with van der Waals surface area (Å²) in [5.41, 5.74) is 6.88. The molecule has 0 aliphatic carbocycles. The van der Waals surface area contributed by atoms with Gasteiger partial charge in [0.05, 0.1) is 19.8 Å². The number of pyridine rings is 2. The van der Waals surface area contributed by atoms with Crippen LogP contribution in [0.3, 0.4) is 0 Å². The number of hydrogen-bond acceptors (Lipinski definition) is 6. The molecule has 1 amide bonds. The Kier molecular flexibility index (Phi) is 7.36. The van der Waals surface area contributed by atoms with Gasteiger partial charge >= 0.3 is 0 Å². The summed E-state index contributed by atoms with van der Waals surface area (Å²) in [7, 11) is 3.30. The molecule has 1 unspecified atom stereocenters. The van der Waals surface area contributed by atoms with Gasteiger partial charge in [0.15, 0.2) is 0 Å². The van der Waals surface area contributed by atoms with Gasteiger partial charge in [-0.25, -0.2) is 4.98 Å². The number of nitrogens with two attached hydrogens (primary N) is 1. The van der Waals surface area contributed by atoms with Gasteiger partial charge in [0, 0.05) is 32.0 Å². The van der Waals surface area contributed by atoms with E-state index in [9.17, 15) is 4.79 Å². The Labute approximate surface area is 158 Å². The number of carbonyl (C=O) groups is 1. The normalized spacial score (nSPS) is 15.8. The van der Waals surface area contributed by atoms with E-state index < -0.39 is 0 Å². The van der Waals surface area contributed by atoms with E-state index >= 15 is 0 Å². The number of carbonyl (C=O) groups excluding carboxylic acids is 1. The maximum atomic E-state index is 12.2. The second kappa shape index (κ2) is 9.72. The molecule has 0 bridgehead atoms. The molecule has 8 nitrogen and oxygen atoms in total. The van der Waals surface area contributed by atoms with Crippen LogP contribution in [0.5, 0.6) is 5.88 Å². The number of aromatic nitrogens is 2. The zero-order valence-corrected chi connectivity index (χ0v) is 15.9. The number of anilines is 1. The van der Waals surface area contributed by atoms with Crippen LogP contribution in [0.25, 0.3) is 11.1 Å². The Morgan fingerprint density at radius 3 is 2.78 bits per heavy atom. The molecule has 3 rings (SSSR count). The van der Waals surface area contributed by atoms with Crippen molar-refractivity contribution in [1.29, 1.82) is 0 Å². The van der Waals surface area contributed by atoms with E-state index in [-0.39, 0.29) is 12.0 Å². The van der Waals surface area contributed by atoms with E-state index in [1.807, 2.05) is 19.1 Å². The quantitative estimate of drug-likeness (QED) is 0.767. The van der Waals surface area contributed by atoms with Gasteiger partial charge in [-0.15, -0.1) is 0 Å². The molecule has 2 aromatic rings. The van der Waals surface area contributed by atoms with Crippen molar-refractivity contribution in [3.8, 4) is 17.0 Å². The van der Waals surface area contributed by atoms with Gasteiger partial charge in [-0.2, -0.15) is 0 Å². The van der Waals surface area contributed by atoms with Gasteiger partial charge in [0.25, 0.3) is 0 Å². The number of primary amides is 1. The molecule has 0 spiro atoms. The number of nitrogens with one attached hydrogen (secondary N) is 1. The number of methoxy groups -OCH3 is 2. The van der Waals surface area contributed by atoms with E-state index in [2.05, 4.69) is 20.6 Å². The second-order valence-electron chi connectivity index (χ2n) is 6.24. The van der Waals surface area contributed by atoms with E-state index in [4.69, 9.17) is 14.3 Å². The summed E-state index contributed by atoms with van der Waals surface area (Å²) in [6.45, 7) is 3.56. The lowest BCUT2D eigenvalue weighted by molar-refractivity contribution is -0.106. The second-order valence-corrected chi connectivity index (χ2v) is 6.24. The third kappa shape index (κ3) is 5.07. The van der Waals surface area contributed by atoms with Crippen molar-refractivity contribution in [1.82, 2.24) is 9.97 Å². The summed E-state index contributed by atoms with van der Waals surface area (Å²) in [6.07, 6.45) is 4.18. The average Bonchev–Trinajstić information content (AvgIpc) is 3.11. The molecule has 8 heteroatoms. The van der Waals surface area contributed by atoms with Gasteiger partial charge in [0.1, 0.15) is 5.82 Å². The molecular formula is C19H26N4O4. The Morgan fingerprint density at radius 2 is 2.11 bits per heavy atom. The minimum absolute atomic E-state index is 0.110. The Morgan fingerprint density at radius 1 is 1.37 bits per heavy atom. The fourth-order valence-corrected chi connectivity index (χ4v) is 3.28. The first-order valence-electron chi connectivity index (χ1n) is 8.70. The molecule has 27 heavy (non-hydrogen) atoms. The fourth-order valence-electron chi connectivity index (χ4n) is 3.28. The molecule has 1 saturated heterocycles. The predicted molar refractivity (Wildman–Crippen MR) is 104 cm³/mol. The SMILES string of the molecule is COCC1CCCN1c1cc(-c2cc(OC)ncc2C)cc(=O)[nH]1.NC=O. The topological polar surface area (TPSA) is 111 Å². The molecule has 3 heterocycles. The number of amides is 1. The van der Waals surface area contributed by atoms with Crippen LogP contribution in [0.4, 0.5) is 5.82 Å². The average molecular weight is 374 g/mol. The largest absolute Gasteiger partial charge is 0.481 e. The molecule has 0 radical (unpaired) electrons. The summed E-state index contributed by atoms with van der Waals surface area (Å²) in [5, 5.41) is 0. The van der Waals surface area contributed by atoms with Crippen molar-refractivity contribution < 1.29 is 14.3 Å². The molecule has 2 aromatic heterocycles. The summed E-state index contributed by atoms with van der Waals surface area (Å²) in [5.74, 6) is 1.38. The van der Waals surface area contributed by atoms with Gasteiger partial charge in [-0.05, 0) is 42.5 Å². The van der Waals surface area contributed by atoms with Crippen molar-refractivity contribution in [3.63, 3.8) is 0 Å². The van der Waals surface area contributed by atoms with Crippen molar-refractivity contribution in [2.75, 3.05) is 32.3 Å². The molecule has 1 aliphatic heterocycles. The van der Waals surface area contributed by atoms with Crippen LogP contribution < -0.4 is 20.9 Å². The first-order chi connectivity index (χ1) is 13.0. The maximum absolute atomic E-state index is 12.2. The molecule has 0 saturated carbocycles. The van der Waals surface area contributed by atoms with Crippen molar-refractivity contribution in [2.45, 2.75) is 25.8 Å². The summed E-state index contributed by atoms with van der Waals surface area (Å²) < 4.78 is 10.5. The first kappa shape index (κ1) is 20.4. The lowest BCUT2D eigenvalue weighted by Gasteiger charge is -2.26. The summed E-state index contributed by atoms with van der Waals surface area (Å²) in [4.78, 5) is 30.2. The van der Waals surface area contributed by atoms with Crippen molar-refractivity contribution >= 4 is 12.2 Å². The number of hydrogen-bond donors (Lipinski definition) is 2. The predicted octanol–water partition coefficient (Wildman–Crippen LogP) is 1.47. The van der Waals surface area contributed by atoms with Crippen LogP contribution in [0.1, 0.15) is 18.4 Å². The van der Waals surface area contributed by atoms with Crippen LogP contribution in [0.15, 0.2) is 29.2 Å². The van der Waals surface area contributed by atoms with Crippen molar-refractivity contribution in [2.24, 2.45) is 5.73 Å². The monoisotopic (exact) mass is 374 g/mol. The maximum Gasteiger partial charge on any atom is 0.250 e. The zero-order valence-electron chi connectivity index (χ0n) is 15.9. The number of H-pyrrole nitrogens is 1. The van der Waals surface area contributed by atoms with Gasteiger partial charge < -0.3 is 25.1 Å². The number of nitrogens with zero attached hydrogens (tertiary/aromatic N) is 2. The third-order valence-corrected chi connectivity index (χ3v) is 4.47. The lowest BCUT2D eigenvalue weighted by Crippen LogP contribution is -2.34. The van der Waals surface area contributed by atoms with Gasteiger partial charge in [0.2, 0.25) is 17.8 Å². The molecule has 1 atom stereocenters. The molecule has 1 fully saturated rings. The van der Waals surface area contributed by atoms with Crippen LogP contribution in [0, 0.1) is 6.92 Å². The lowest BCUT2D eigenvalue weighted by atomic mass is 10.0. The molecule has 1 aliphatic rings. The van der Waals surface area contributed by atoms with E-state index in [0.717, 1.165) is 41.9 Å². The van der Waals surface area contributed by atoms with Crippen LogP contribution in [0.2, 0.25) is 0 Å². The van der Waals surface area contributed by atoms with Crippen LogP contribution >= 0.6 is 0 Å². The standard InChI is InChI=1S/C18H23N3O3.CH3NO/c1-12-10-19-18(24-3)9-15(12)13-7-16(20-17(22)8-13)21-6-4-5-14(21)11-23-2;2-1-3/h7-10,14H,4-6,11H2,1-3H3,(H,20,22);1H,(H2,2,3). The van der Waals surface area contributed by atoms with Crippen LogP contribution in [-0.4, -0.2) is 49.8 Å². The first-order valence-corrected chi connectivity index (χ1v) is 8.70. The summed E-state index contributed by atoms with van der Waals surface area (Å²) in [6, 6.07) is 5.81. The highest BCUT2D eigenvalue weighted by Crippen LogP contribution is 2.29. The fraction of sp³-hybridized carbons (Fsp3) is 0.421.